The van der Waals surface area contributed by atoms with Crippen molar-refractivity contribution in [3.8, 4) is 11.5 Å². The summed E-state index contributed by atoms with van der Waals surface area (Å²) >= 11 is 0. The number of rotatable bonds is 0. The molecule has 8 heteroatoms. The Hall–Kier alpha value is -2.64. The van der Waals surface area contributed by atoms with E-state index in [0.717, 1.165) is 0 Å². The third-order valence-corrected chi connectivity index (χ3v) is 3.32. The van der Waals surface area contributed by atoms with Gasteiger partial charge in [0.2, 0.25) is 11.6 Å². The van der Waals surface area contributed by atoms with E-state index in [9.17, 15) is 31.4 Å². The highest BCUT2D eigenvalue weighted by Crippen LogP contribution is 2.39. The first-order valence-electron chi connectivity index (χ1n) is 5.74. The molecule has 114 valence electrons. The normalized spacial score (nSPS) is 11.5. The maximum atomic E-state index is 13.8. The highest BCUT2D eigenvalue weighted by molar-refractivity contribution is 6.02. The van der Waals surface area contributed by atoms with Crippen LogP contribution < -0.4 is 0 Å². The molecule has 0 atom stereocenters. The molecule has 0 saturated carbocycles. The summed E-state index contributed by atoms with van der Waals surface area (Å²) in [5, 5.41) is 15.6. The van der Waals surface area contributed by atoms with Crippen LogP contribution in [0.4, 0.5) is 26.3 Å². The van der Waals surface area contributed by atoms with Gasteiger partial charge in [-0.15, -0.1) is 0 Å². The van der Waals surface area contributed by atoms with Gasteiger partial charge in [0.1, 0.15) is 0 Å². The van der Waals surface area contributed by atoms with E-state index < -0.39 is 67.9 Å². The van der Waals surface area contributed by atoms with Crippen LogP contribution in [0.25, 0.3) is 21.5 Å². The fourth-order valence-corrected chi connectivity index (χ4v) is 2.22. The van der Waals surface area contributed by atoms with E-state index >= 15 is 0 Å². The van der Waals surface area contributed by atoms with Crippen molar-refractivity contribution >= 4 is 21.5 Å². The van der Waals surface area contributed by atoms with Crippen LogP contribution in [-0.2, 0) is 0 Å². The van der Waals surface area contributed by atoms with Gasteiger partial charge < -0.3 is 10.2 Å². The predicted octanol–water partition coefficient (Wildman–Crippen LogP) is 4.24. The zero-order chi connectivity index (χ0) is 16.3. The highest BCUT2D eigenvalue weighted by Gasteiger charge is 2.24. The zero-order valence-electron chi connectivity index (χ0n) is 10.3. The Kier molecular flexibility index (Phi) is 2.88. The lowest BCUT2D eigenvalue weighted by molar-refractivity contribution is 0.382. The minimum atomic E-state index is -2.01. The molecule has 0 fully saturated rings. The van der Waals surface area contributed by atoms with Crippen molar-refractivity contribution in [2.45, 2.75) is 0 Å². The molecule has 2 N–H and O–H groups in total. The summed E-state index contributed by atoms with van der Waals surface area (Å²) in [6.45, 7) is 0. The van der Waals surface area contributed by atoms with Crippen LogP contribution >= 0.6 is 0 Å². The van der Waals surface area contributed by atoms with Gasteiger partial charge in [-0.3, -0.25) is 0 Å². The summed E-state index contributed by atoms with van der Waals surface area (Å²) in [4.78, 5) is 0. The average Bonchev–Trinajstić information content (AvgIpc) is 2.52. The summed E-state index contributed by atoms with van der Waals surface area (Å²) in [5.41, 5.74) is 0. The van der Waals surface area contributed by atoms with Gasteiger partial charge in [-0.25, -0.2) is 17.6 Å². The molecule has 22 heavy (non-hydrogen) atoms. The molecule has 0 spiro atoms. The standard InChI is InChI=1S/C14H4F6O2/c15-7-5-1-3-4(9(17)14(22)11(19)8(3)16)2-6(5)13(21)12(20)10(7)18/h1-2,21-22H. The second-order valence-corrected chi connectivity index (χ2v) is 4.52. The SMILES string of the molecule is Oc1c(F)c(F)c2cc3c(F)c(F)c(F)c(O)c3cc2c1F. The third-order valence-electron chi connectivity index (χ3n) is 3.32. The second kappa shape index (κ2) is 4.43. The van der Waals surface area contributed by atoms with E-state index in [0.29, 0.717) is 12.1 Å². The molecule has 0 aliphatic carbocycles. The van der Waals surface area contributed by atoms with E-state index in [2.05, 4.69) is 0 Å². The average molecular weight is 318 g/mol. The number of phenolic OH excluding ortho intramolecular Hbond substituents is 2. The molecule has 0 saturated heterocycles. The van der Waals surface area contributed by atoms with Crippen molar-refractivity contribution < 1.29 is 36.6 Å². The monoisotopic (exact) mass is 318 g/mol. The number of fused-ring (bicyclic) bond motifs is 2. The Morgan fingerprint density at radius 2 is 0.864 bits per heavy atom. The molecule has 3 aromatic carbocycles. The summed E-state index contributed by atoms with van der Waals surface area (Å²) < 4.78 is 81.1. The number of halogens is 6. The molecule has 0 aliphatic heterocycles. The molecule has 0 aromatic heterocycles. The van der Waals surface area contributed by atoms with Crippen LogP contribution in [0.15, 0.2) is 12.1 Å². The van der Waals surface area contributed by atoms with Crippen LogP contribution in [0.5, 0.6) is 11.5 Å². The number of benzene rings is 3. The van der Waals surface area contributed by atoms with Crippen LogP contribution in [0, 0.1) is 34.9 Å². The van der Waals surface area contributed by atoms with Gasteiger partial charge >= 0.3 is 0 Å². The van der Waals surface area contributed by atoms with Gasteiger partial charge in [-0.1, -0.05) is 0 Å². The summed E-state index contributed by atoms with van der Waals surface area (Å²) in [6, 6.07) is 1.10. The first-order chi connectivity index (χ1) is 10.3. The Balaban J connectivity index is 2.64. The number of hydrogen-bond donors (Lipinski definition) is 2. The lowest BCUT2D eigenvalue weighted by Gasteiger charge is -2.10. The van der Waals surface area contributed by atoms with Gasteiger partial charge in [-0.2, -0.15) is 8.78 Å². The van der Waals surface area contributed by atoms with E-state index in [4.69, 9.17) is 5.11 Å². The lowest BCUT2D eigenvalue weighted by atomic mass is 10.0. The van der Waals surface area contributed by atoms with E-state index in [-0.39, 0.29) is 0 Å². The number of hydrogen-bond acceptors (Lipinski definition) is 2. The molecule has 0 unspecified atom stereocenters. The van der Waals surface area contributed by atoms with Gasteiger partial charge in [-0.05, 0) is 12.1 Å². The van der Waals surface area contributed by atoms with Gasteiger partial charge in [0, 0.05) is 21.5 Å². The minimum Gasteiger partial charge on any atom is -0.504 e. The van der Waals surface area contributed by atoms with Crippen LogP contribution in [-0.4, -0.2) is 10.2 Å². The van der Waals surface area contributed by atoms with Crippen molar-refractivity contribution in [3.05, 3.63) is 47.0 Å². The van der Waals surface area contributed by atoms with Crippen molar-refractivity contribution in [2.75, 3.05) is 0 Å². The highest BCUT2D eigenvalue weighted by atomic mass is 19.2. The van der Waals surface area contributed by atoms with Gasteiger partial charge in [0.25, 0.3) is 0 Å². The van der Waals surface area contributed by atoms with Crippen molar-refractivity contribution in [3.63, 3.8) is 0 Å². The van der Waals surface area contributed by atoms with Crippen LogP contribution in [0.2, 0.25) is 0 Å². The quantitative estimate of drug-likeness (QED) is 0.282. The molecule has 3 rings (SSSR count). The number of phenols is 2. The Labute approximate surface area is 117 Å². The Morgan fingerprint density at radius 3 is 1.50 bits per heavy atom. The molecule has 0 bridgehead atoms. The molecule has 3 aromatic rings. The molecule has 2 nitrogen and oxygen atoms in total. The van der Waals surface area contributed by atoms with Crippen molar-refractivity contribution in [1.82, 2.24) is 0 Å². The van der Waals surface area contributed by atoms with Crippen LogP contribution in [0.1, 0.15) is 0 Å². The maximum Gasteiger partial charge on any atom is 0.204 e. The molecular formula is C14H4F6O2. The molecule has 0 heterocycles. The topological polar surface area (TPSA) is 40.5 Å². The van der Waals surface area contributed by atoms with E-state index in [1.165, 1.54) is 0 Å². The second-order valence-electron chi connectivity index (χ2n) is 4.52. The fraction of sp³-hybridized carbons (Fsp3) is 0. The smallest absolute Gasteiger partial charge is 0.204 e. The zero-order valence-corrected chi connectivity index (χ0v) is 10.3. The molecule has 0 aliphatic rings. The van der Waals surface area contributed by atoms with Crippen molar-refractivity contribution in [1.29, 1.82) is 0 Å². The predicted molar refractivity (Wildman–Crippen MR) is 64.5 cm³/mol. The summed E-state index contributed by atoms with van der Waals surface area (Å²) in [6.07, 6.45) is 0. The maximum absolute atomic E-state index is 13.8. The van der Waals surface area contributed by atoms with E-state index in [1.54, 1.807) is 0 Å². The molecule has 0 amide bonds. The molecule has 0 radical (unpaired) electrons. The van der Waals surface area contributed by atoms with Gasteiger partial charge in [0.05, 0.1) is 0 Å². The fourth-order valence-electron chi connectivity index (χ4n) is 2.22. The van der Waals surface area contributed by atoms with Crippen LogP contribution in [0.3, 0.4) is 0 Å². The lowest BCUT2D eigenvalue weighted by Crippen LogP contribution is -1.97. The Morgan fingerprint density at radius 1 is 0.455 bits per heavy atom. The largest absolute Gasteiger partial charge is 0.504 e. The van der Waals surface area contributed by atoms with Gasteiger partial charge in [0.15, 0.2) is 34.8 Å². The first-order valence-corrected chi connectivity index (χ1v) is 5.74. The summed E-state index contributed by atoms with van der Waals surface area (Å²) in [5.74, 6) is -13.8. The summed E-state index contributed by atoms with van der Waals surface area (Å²) in [7, 11) is 0. The first kappa shape index (κ1) is 14.3. The number of aromatic hydroxyl groups is 2. The Bertz CT molecular complexity index is 815. The minimum absolute atomic E-state index is 0.517. The third kappa shape index (κ3) is 1.63. The molecular weight excluding hydrogens is 314 g/mol. The van der Waals surface area contributed by atoms with E-state index in [1.807, 2.05) is 0 Å². The van der Waals surface area contributed by atoms with Crippen molar-refractivity contribution in [2.24, 2.45) is 0 Å².